The summed E-state index contributed by atoms with van der Waals surface area (Å²) in [4.78, 5) is 35.4. The number of benzene rings is 2. The Morgan fingerprint density at radius 2 is 1.67 bits per heavy atom. The summed E-state index contributed by atoms with van der Waals surface area (Å²) in [6.07, 6.45) is -1.19. The Bertz CT molecular complexity index is 859. The maximum atomic E-state index is 13.5. The lowest BCUT2D eigenvalue weighted by molar-refractivity contribution is -0.130. The summed E-state index contributed by atoms with van der Waals surface area (Å²) in [5.41, 5.74) is -0.319. The van der Waals surface area contributed by atoms with E-state index in [9.17, 15) is 27.6 Å². The van der Waals surface area contributed by atoms with Crippen LogP contribution in [-0.4, -0.2) is 30.4 Å². The molecule has 1 atom stereocenters. The van der Waals surface area contributed by atoms with Crippen molar-refractivity contribution >= 4 is 23.5 Å². The van der Waals surface area contributed by atoms with Crippen molar-refractivity contribution in [3.8, 4) is 0 Å². The monoisotopic (exact) mass is 380 g/mol. The van der Waals surface area contributed by atoms with Gasteiger partial charge >= 0.3 is 5.97 Å². The van der Waals surface area contributed by atoms with Crippen molar-refractivity contribution in [3.63, 3.8) is 0 Å². The first kappa shape index (κ1) is 20.0. The molecule has 2 rings (SSSR count). The molecule has 142 valence electrons. The third kappa shape index (κ3) is 5.30. The predicted molar refractivity (Wildman–Crippen MR) is 89.3 cm³/mol. The van der Waals surface area contributed by atoms with Gasteiger partial charge in [-0.05, 0) is 31.2 Å². The van der Waals surface area contributed by atoms with Crippen LogP contribution in [0.5, 0.6) is 0 Å². The van der Waals surface area contributed by atoms with Crippen LogP contribution in [0.3, 0.4) is 0 Å². The molecule has 0 aliphatic heterocycles. The van der Waals surface area contributed by atoms with Crippen LogP contribution in [-0.2, 0) is 14.3 Å². The SMILES string of the molecule is C[C@H](OC(=O)c1ccccc1)C(=O)NCC(=O)Nc1ccc(F)c(F)c1F. The van der Waals surface area contributed by atoms with Gasteiger partial charge in [-0.1, -0.05) is 18.2 Å². The van der Waals surface area contributed by atoms with Crippen LogP contribution in [0.15, 0.2) is 42.5 Å². The highest BCUT2D eigenvalue weighted by atomic mass is 19.2. The highest BCUT2D eigenvalue weighted by Crippen LogP contribution is 2.19. The molecule has 2 aromatic rings. The van der Waals surface area contributed by atoms with Crippen LogP contribution in [0.25, 0.3) is 0 Å². The third-order valence-electron chi connectivity index (χ3n) is 3.39. The summed E-state index contributed by atoms with van der Waals surface area (Å²) < 4.78 is 44.4. The van der Waals surface area contributed by atoms with Gasteiger partial charge in [0.2, 0.25) is 5.91 Å². The van der Waals surface area contributed by atoms with Gasteiger partial charge in [0.15, 0.2) is 23.6 Å². The molecule has 0 unspecified atom stereocenters. The Kier molecular flexibility index (Phi) is 6.53. The van der Waals surface area contributed by atoms with Crippen molar-refractivity contribution in [2.75, 3.05) is 11.9 Å². The van der Waals surface area contributed by atoms with E-state index in [0.29, 0.717) is 6.07 Å². The summed E-state index contributed by atoms with van der Waals surface area (Å²) in [5.74, 6) is -7.03. The maximum Gasteiger partial charge on any atom is 0.338 e. The molecule has 0 fully saturated rings. The number of anilines is 1. The maximum absolute atomic E-state index is 13.5. The van der Waals surface area contributed by atoms with E-state index < -0.39 is 53.6 Å². The fourth-order valence-electron chi connectivity index (χ4n) is 1.98. The first-order valence-electron chi connectivity index (χ1n) is 7.76. The fraction of sp³-hybridized carbons (Fsp3) is 0.167. The van der Waals surface area contributed by atoms with Crippen LogP contribution >= 0.6 is 0 Å². The lowest BCUT2D eigenvalue weighted by Gasteiger charge is -2.13. The van der Waals surface area contributed by atoms with Crippen molar-refractivity contribution in [2.45, 2.75) is 13.0 Å². The summed E-state index contributed by atoms with van der Waals surface area (Å²) >= 11 is 0. The van der Waals surface area contributed by atoms with Crippen LogP contribution in [0.4, 0.5) is 18.9 Å². The van der Waals surface area contributed by atoms with Crippen molar-refractivity contribution in [1.29, 1.82) is 0 Å². The largest absolute Gasteiger partial charge is 0.449 e. The molecule has 0 bridgehead atoms. The molecule has 2 N–H and O–H groups in total. The first-order chi connectivity index (χ1) is 12.8. The number of nitrogens with one attached hydrogen (secondary N) is 2. The van der Waals surface area contributed by atoms with E-state index in [1.807, 2.05) is 5.32 Å². The second kappa shape index (κ2) is 8.84. The molecule has 0 radical (unpaired) electrons. The lowest BCUT2D eigenvalue weighted by Crippen LogP contribution is -2.40. The molecule has 0 aliphatic rings. The number of rotatable bonds is 6. The van der Waals surface area contributed by atoms with Crippen molar-refractivity contribution in [2.24, 2.45) is 0 Å². The highest BCUT2D eigenvalue weighted by molar-refractivity contribution is 5.96. The van der Waals surface area contributed by atoms with E-state index in [1.165, 1.54) is 19.1 Å². The molecule has 0 aromatic heterocycles. The number of ether oxygens (including phenoxy) is 1. The highest BCUT2D eigenvalue weighted by Gasteiger charge is 2.20. The quantitative estimate of drug-likeness (QED) is 0.595. The Labute approximate surface area is 152 Å². The molecule has 0 heterocycles. The Hall–Kier alpha value is -3.36. The molecular formula is C18H15F3N2O4. The van der Waals surface area contributed by atoms with Gasteiger partial charge in [-0.3, -0.25) is 9.59 Å². The molecule has 0 saturated carbocycles. The van der Waals surface area contributed by atoms with Gasteiger partial charge in [-0.2, -0.15) is 0 Å². The third-order valence-corrected chi connectivity index (χ3v) is 3.39. The molecule has 9 heteroatoms. The van der Waals surface area contributed by atoms with Gasteiger partial charge in [0.25, 0.3) is 5.91 Å². The lowest BCUT2D eigenvalue weighted by atomic mass is 10.2. The minimum absolute atomic E-state index is 0.253. The van der Waals surface area contributed by atoms with E-state index in [0.717, 1.165) is 6.07 Å². The Morgan fingerprint density at radius 1 is 1.00 bits per heavy atom. The topological polar surface area (TPSA) is 84.5 Å². The zero-order valence-electron chi connectivity index (χ0n) is 14.1. The number of carbonyl (C=O) groups excluding carboxylic acids is 3. The fourth-order valence-corrected chi connectivity index (χ4v) is 1.98. The molecule has 0 aliphatic carbocycles. The second-order valence-electron chi connectivity index (χ2n) is 5.40. The van der Waals surface area contributed by atoms with Crippen molar-refractivity contribution < 1.29 is 32.3 Å². The van der Waals surface area contributed by atoms with Crippen LogP contribution in [0.2, 0.25) is 0 Å². The van der Waals surface area contributed by atoms with Crippen molar-refractivity contribution in [3.05, 3.63) is 65.5 Å². The number of carbonyl (C=O) groups is 3. The predicted octanol–water partition coefficient (Wildman–Crippen LogP) is 2.40. The molecule has 0 spiro atoms. The van der Waals surface area contributed by atoms with Gasteiger partial charge in [0, 0.05) is 0 Å². The molecule has 27 heavy (non-hydrogen) atoms. The van der Waals surface area contributed by atoms with Gasteiger partial charge < -0.3 is 15.4 Å². The standard InChI is InChI=1S/C18H15F3N2O4/c1-10(27-18(26)11-5-3-2-4-6-11)17(25)22-9-14(24)23-13-8-7-12(19)15(20)16(13)21/h2-8,10H,9H2,1H3,(H,22,25)(H,23,24)/t10-/m0/s1. The van der Waals surface area contributed by atoms with Crippen LogP contribution in [0, 0.1) is 17.5 Å². The number of hydrogen-bond donors (Lipinski definition) is 2. The zero-order valence-corrected chi connectivity index (χ0v) is 14.1. The summed E-state index contributed by atoms with van der Waals surface area (Å²) in [5, 5.41) is 4.18. The summed E-state index contributed by atoms with van der Waals surface area (Å²) in [7, 11) is 0. The number of halogens is 3. The smallest absolute Gasteiger partial charge is 0.338 e. The van der Waals surface area contributed by atoms with E-state index in [2.05, 4.69) is 5.32 Å². The summed E-state index contributed by atoms with van der Waals surface area (Å²) in [6, 6.07) is 9.48. The number of esters is 1. The number of hydrogen-bond acceptors (Lipinski definition) is 4. The molecule has 2 amide bonds. The second-order valence-corrected chi connectivity index (χ2v) is 5.40. The Balaban J connectivity index is 1.85. The van der Waals surface area contributed by atoms with Gasteiger partial charge in [0.05, 0.1) is 17.8 Å². The van der Waals surface area contributed by atoms with E-state index in [-0.39, 0.29) is 5.56 Å². The first-order valence-corrected chi connectivity index (χ1v) is 7.76. The normalized spacial score (nSPS) is 11.4. The van der Waals surface area contributed by atoms with Crippen molar-refractivity contribution in [1.82, 2.24) is 5.32 Å². The zero-order chi connectivity index (χ0) is 20.0. The van der Waals surface area contributed by atoms with E-state index in [4.69, 9.17) is 4.74 Å². The molecule has 2 aromatic carbocycles. The molecule has 0 saturated heterocycles. The summed E-state index contributed by atoms with van der Waals surface area (Å²) in [6.45, 7) is 0.716. The van der Waals surface area contributed by atoms with Crippen LogP contribution in [0.1, 0.15) is 17.3 Å². The van der Waals surface area contributed by atoms with E-state index in [1.54, 1.807) is 18.2 Å². The van der Waals surface area contributed by atoms with Gasteiger partial charge in [0.1, 0.15) is 0 Å². The Morgan fingerprint density at radius 3 is 2.33 bits per heavy atom. The minimum Gasteiger partial charge on any atom is -0.449 e. The van der Waals surface area contributed by atoms with Gasteiger partial charge in [-0.15, -0.1) is 0 Å². The minimum atomic E-state index is -1.72. The molecular weight excluding hydrogens is 365 g/mol. The average Bonchev–Trinajstić information content (AvgIpc) is 2.67. The van der Waals surface area contributed by atoms with Gasteiger partial charge in [-0.25, -0.2) is 18.0 Å². The van der Waals surface area contributed by atoms with Crippen LogP contribution < -0.4 is 10.6 Å². The van der Waals surface area contributed by atoms with E-state index >= 15 is 0 Å². The average molecular weight is 380 g/mol. The molecule has 6 nitrogen and oxygen atoms in total. The number of amides is 2.